The van der Waals surface area contributed by atoms with Crippen LogP contribution in [0.25, 0.3) is 0 Å². The summed E-state index contributed by atoms with van der Waals surface area (Å²) in [7, 11) is 1.85. The molecule has 0 bridgehead atoms. The lowest BCUT2D eigenvalue weighted by atomic mass is 9.87. The van der Waals surface area contributed by atoms with Crippen molar-refractivity contribution in [2.75, 3.05) is 26.7 Å². The molecule has 9 heteroatoms. The number of phenols is 2. The summed E-state index contributed by atoms with van der Waals surface area (Å²) >= 11 is 0. The van der Waals surface area contributed by atoms with E-state index in [1.807, 2.05) is 38.8 Å². The number of rotatable bonds is 15. The highest BCUT2D eigenvalue weighted by Gasteiger charge is 2.21. The van der Waals surface area contributed by atoms with Crippen molar-refractivity contribution < 1.29 is 34.8 Å². The average molecular weight is 529 g/mol. The van der Waals surface area contributed by atoms with Crippen LogP contribution in [0.15, 0.2) is 36.4 Å². The smallest absolute Gasteiger partial charge is 0.317 e. The number of likely N-dealkylation sites (N-methyl/N-ethyl adjacent to an activating group) is 1. The predicted molar refractivity (Wildman–Crippen MR) is 144 cm³/mol. The van der Waals surface area contributed by atoms with E-state index in [2.05, 4.69) is 0 Å². The van der Waals surface area contributed by atoms with Gasteiger partial charge in [-0.3, -0.25) is 19.3 Å². The zero-order chi connectivity index (χ0) is 28.5. The van der Waals surface area contributed by atoms with E-state index < -0.39 is 17.4 Å². The predicted octanol–water partition coefficient (Wildman–Crippen LogP) is 3.68. The number of hydrogen-bond donors (Lipinski definition) is 4. The minimum Gasteiger partial charge on any atom is -0.508 e. The molecule has 0 saturated carbocycles. The third-order valence-electron chi connectivity index (χ3n) is 6.38. The number of Topliss-reactive ketones (excluding diaryl/α,β-unsaturated/α-hetero) is 1. The summed E-state index contributed by atoms with van der Waals surface area (Å²) in [6, 6.07) is 10.2. The molecule has 0 aliphatic carbocycles. The third-order valence-corrected chi connectivity index (χ3v) is 6.38. The van der Waals surface area contributed by atoms with Crippen LogP contribution >= 0.6 is 0 Å². The number of benzene rings is 2. The van der Waals surface area contributed by atoms with E-state index in [9.17, 15) is 29.7 Å². The minimum absolute atomic E-state index is 0.00510. The Morgan fingerprint density at radius 1 is 0.763 bits per heavy atom. The summed E-state index contributed by atoms with van der Waals surface area (Å²) in [6.07, 6.45) is 1.30. The summed E-state index contributed by atoms with van der Waals surface area (Å²) in [5.41, 5.74) is 2.57. The van der Waals surface area contributed by atoms with Crippen LogP contribution in [0.5, 0.6) is 11.5 Å². The number of ketones is 1. The van der Waals surface area contributed by atoms with Crippen molar-refractivity contribution in [3.63, 3.8) is 0 Å². The highest BCUT2D eigenvalue weighted by atomic mass is 16.4. The molecule has 0 atom stereocenters. The lowest BCUT2D eigenvalue weighted by Gasteiger charge is -2.25. The highest BCUT2D eigenvalue weighted by molar-refractivity contribution is 5.83. The summed E-state index contributed by atoms with van der Waals surface area (Å²) in [4.78, 5) is 38.3. The maximum absolute atomic E-state index is 12.3. The molecule has 4 N–H and O–H groups in total. The van der Waals surface area contributed by atoms with E-state index in [-0.39, 0.29) is 36.8 Å². The standard InChI is InChI=1S/C29H40N2O7/c1-29(2,3)26(34)11-7-20-5-10-25(33)23(16-20)18-31(19-28(37)38)14-13-30(4)17-22-15-21(6-9-24(22)32)8-12-27(35)36/h5-6,9-10,15-16,32-33H,7-8,11-14,17-19H2,1-4H3,(H,35,36)(H,37,38). The van der Waals surface area contributed by atoms with E-state index in [4.69, 9.17) is 5.11 Å². The van der Waals surface area contributed by atoms with Gasteiger partial charge in [-0.2, -0.15) is 0 Å². The van der Waals surface area contributed by atoms with Crippen LogP contribution in [0.3, 0.4) is 0 Å². The molecule has 0 aromatic heterocycles. The van der Waals surface area contributed by atoms with Gasteiger partial charge < -0.3 is 25.3 Å². The van der Waals surface area contributed by atoms with Gasteiger partial charge in [-0.1, -0.05) is 45.0 Å². The lowest BCUT2D eigenvalue weighted by molar-refractivity contribution is -0.139. The molecule has 2 aromatic rings. The van der Waals surface area contributed by atoms with Crippen molar-refractivity contribution >= 4 is 17.7 Å². The molecule has 0 aliphatic heterocycles. The third kappa shape index (κ3) is 10.5. The summed E-state index contributed by atoms with van der Waals surface area (Å²) in [5.74, 6) is -1.53. The quantitative estimate of drug-likeness (QED) is 0.273. The van der Waals surface area contributed by atoms with Gasteiger partial charge in [0.15, 0.2) is 0 Å². The molecule has 0 fully saturated rings. The number of aliphatic carboxylic acids is 2. The Kier molecular flexibility index (Phi) is 11.3. The Hall–Kier alpha value is -3.43. The number of hydrogen-bond acceptors (Lipinski definition) is 7. The first-order valence-corrected chi connectivity index (χ1v) is 12.7. The zero-order valence-corrected chi connectivity index (χ0v) is 22.7. The van der Waals surface area contributed by atoms with Crippen molar-refractivity contribution in [1.29, 1.82) is 0 Å². The molecule has 38 heavy (non-hydrogen) atoms. The highest BCUT2D eigenvalue weighted by Crippen LogP contribution is 2.24. The Balaban J connectivity index is 2.04. The topological polar surface area (TPSA) is 139 Å². The maximum atomic E-state index is 12.3. The van der Waals surface area contributed by atoms with Crippen LogP contribution in [-0.4, -0.2) is 74.6 Å². The number of aromatic hydroxyl groups is 2. The van der Waals surface area contributed by atoms with Crippen LogP contribution in [0.2, 0.25) is 0 Å². The molecule has 2 rings (SSSR count). The Labute approximate surface area is 224 Å². The van der Waals surface area contributed by atoms with Crippen molar-refractivity contribution in [2.45, 2.75) is 59.5 Å². The lowest BCUT2D eigenvalue weighted by Crippen LogP contribution is -2.36. The van der Waals surface area contributed by atoms with Gasteiger partial charge >= 0.3 is 11.9 Å². The number of aryl methyl sites for hydroxylation is 2. The summed E-state index contributed by atoms with van der Waals surface area (Å²) in [5, 5.41) is 39.0. The van der Waals surface area contributed by atoms with Gasteiger partial charge in [-0.05, 0) is 43.1 Å². The van der Waals surface area contributed by atoms with Gasteiger partial charge in [0.2, 0.25) is 0 Å². The monoisotopic (exact) mass is 528 g/mol. The first-order valence-electron chi connectivity index (χ1n) is 12.7. The average Bonchev–Trinajstić information content (AvgIpc) is 2.82. The molecule has 208 valence electrons. The first-order chi connectivity index (χ1) is 17.7. The normalized spacial score (nSPS) is 11.7. The Morgan fingerprint density at radius 2 is 1.29 bits per heavy atom. The molecule has 0 saturated heterocycles. The van der Waals surface area contributed by atoms with Crippen LogP contribution in [0.1, 0.15) is 55.9 Å². The number of carbonyl (C=O) groups is 3. The van der Waals surface area contributed by atoms with E-state index in [0.29, 0.717) is 50.0 Å². The molecule has 0 aliphatic rings. The molecule has 0 radical (unpaired) electrons. The molecule has 2 aromatic carbocycles. The Morgan fingerprint density at radius 3 is 1.79 bits per heavy atom. The summed E-state index contributed by atoms with van der Waals surface area (Å²) in [6.45, 7) is 6.96. The molecular weight excluding hydrogens is 488 g/mol. The maximum Gasteiger partial charge on any atom is 0.317 e. The van der Waals surface area contributed by atoms with Crippen LogP contribution in [-0.2, 0) is 40.3 Å². The van der Waals surface area contributed by atoms with Crippen molar-refractivity contribution in [3.05, 3.63) is 58.7 Å². The van der Waals surface area contributed by atoms with Gasteiger partial charge in [0.05, 0.1) is 6.54 Å². The van der Waals surface area contributed by atoms with Crippen LogP contribution in [0, 0.1) is 5.41 Å². The molecule has 0 amide bonds. The number of carboxylic acids is 2. The number of carbonyl (C=O) groups excluding carboxylic acids is 1. The zero-order valence-electron chi connectivity index (χ0n) is 22.7. The van der Waals surface area contributed by atoms with Crippen LogP contribution in [0.4, 0.5) is 0 Å². The van der Waals surface area contributed by atoms with Crippen molar-refractivity contribution in [2.24, 2.45) is 5.41 Å². The van der Waals surface area contributed by atoms with Crippen molar-refractivity contribution in [3.8, 4) is 11.5 Å². The Bertz CT molecular complexity index is 1120. The number of phenolic OH excluding ortho intramolecular Hbond substituents is 2. The fourth-order valence-corrected chi connectivity index (χ4v) is 4.05. The largest absolute Gasteiger partial charge is 0.508 e. The van der Waals surface area contributed by atoms with Gasteiger partial charge in [0.25, 0.3) is 0 Å². The van der Waals surface area contributed by atoms with Crippen LogP contribution < -0.4 is 0 Å². The van der Waals surface area contributed by atoms with Crippen molar-refractivity contribution in [1.82, 2.24) is 9.80 Å². The van der Waals surface area contributed by atoms with Gasteiger partial charge in [0.1, 0.15) is 17.3 Å². The number of carboxylic acid groups (broad SMARTS) is 2. The first kappa shape index (κ1) is 30.8. The second kappa shape index (κ2) is 13.9. The van der Waals surface area contributed by atoms with E-state index in [1.165, 1.54) is 0 Å². The van der Waals surface area contributed by atoms with E-state index in [1.54, 1.807) is 35.2 Å². The molecule has 9 nitrogen and oxygen atoms in total. The second-order valence-corrected chi connectivity index (χ2v) is 10.8. The molecule has 0 heterocycles. The molecule has 0 spiro atoms. The van der Waals surface area contributed by atoms with Gasteiger partial charge in [-0.15, -0.1) is 0 Å². The van der Waals surface area contributed by atoms with Gasteiger partial charge in [-0.25, -0.2) is 0 Å². The fourth-order valence-electron chi connectivity index (χ4n) is 4.05. The fraction of sp³-hybridized carbons (Fsp3) is 0.483. The SMILES string of the molecule is CN(CCN(CC(=O)O)Cc1cc(CCC(=O)C(C)(C)C)ccc1O)Cc1cc(CCC(=O)O)ccc1O. The molecule has 0 unspecified atom stereocenters. The van der Waals surface area contributed by atoms with E-state index >= 15 is 0 Å². The molecular formula is C29H40N2O7. The van der Waals surface area contributed by atoms with E-state index in [0.717, 1.165) is 11.1 Å². The second-order valence-electron chi connectivity index (χ2n) is 10.8. The van der Waals surface area contributed by atoms with Gasteiger partial charge in [0, 0.05) is 55.6 Å². The number of nitrogens with zero attached hydrogens (tertiary/aromatic N) is 2. The minimum atomic E-state index is -0.983. The summed E-state index contributed by atoms with van der Waals surface area (Å²) < 4.78 is 0.